The second kappa shape index (κ2) is 4.71. The molecule has 4 aliphatic heterocycles. The summed E-state index contributed by atoms with van der Waals surface area (Å²) in [6.45, 7) is 9.46. The smallest absolute Gasteiger partial charge is 0.0110 e. The molecule has 3 nitrogen and oxygen atoms in total. The Bertz CT molecular complexity index is 321. The molecule has 1 N–H and O–H groups in total. The van der Waals surface area contributed by atoms with E-state index in [0.717, 1.165) is 17.8 Å². The Hall–Kier alpha value is -0.120. The zero-order chi connectivity index (χ0) is 12.9. The lowest BCUT2D eigenvalue weighted by Crippen LogP contribution is -2.64. The standard InChI is InChI=1S/C16H29N3/c1-17-8-15-13-9-18-6-7-19(10-13)12-16(15,11-18)14-4-2-3-5-14/h13-15,17H,2-12H2,1H3. The van der Waals surface area contributed by atoms with Crippen LogP contribution in [0.25, 0.3) is 0 Å². The van der Waals surface area contributed by atoms with Gasteiger partial charge in [0.05, 0.1) is 0 Å². The van der Waals surface area contributed by atoms with Crippen LogP contribution in [0.2, 0.25) is 0 Å². The number of hydrogen-bond donors (Lipinski definition) is 1. The predicted octanol–water partition coefficient (Wildman–Crippen LogP) is 1.26. The number of fused-ring (bicyclic) bond motifs is 1. The van der Waals surface area contributed by atoms with Crippen molar-refractivity contribution < 1.29 is 0 Å². The number of rotatable bonds is 3. The lowest BCUT2D eigenvalue weighted by Gasteiger charge is -2.58. The Labute approximate surface area is 117 Å². The molecule has 5 rings (SSSR count). The van der Waals surface area contributed by atoms with Crippen molar-refractivity contribution in [2.75, 3.05) is 52.9 Å². The molecule has 4 saturated heterocycles. The maximum Gasteiger partial charge on any atom is 0.0110 e. The third-order valence-electron chi connectivity index (χ3n) is 6.65. The molecule has 0 aromatic heterocycles. The van der Waals surface area contributed by atoms with Crippen LogP contribution in [-0.2, 0) is 0 Å². The van der Waals surface area contributed by atoms with E-state index in [4.69, 9.17) is 0 Å². The molecule has 1 aliphatic carbocycles. The monoisotopic (exact) mass is 263 g/mol. The molecule has 0 spiro atoms. The molecule has 3 unspecified atom stereocenters. The SMILES string of the molecule is CNCC1C2CN3CCN(C2)CC1(C1CCCC1)C3. The average Bonchev–Trinajstić information content (AvgIpc) is 2.82. The van der Waals surface area contributed by atoms with Crippen LogP contribution in [0.4, 0.5) is 0 Å². The van der Waals surface area contributed by atoms with Crippen LogP contribution in [0.1, 0.15) is 25.7 Å². The molecule has 0 aromatic rings. The van der Waals surface area contributed by atoms with Gasteiger partial charge in [-0.2, -0.15) is 0 Å². The summed E-state index contributed by atoms with van der Waals surface area (Å²) >= 11 is 0. The van der Waals surface area contributed by atoms with Crippen molar-refractivity contribution in [1.82, 2.24) is 15.1 Å². The summed E-state index contributed by atoms with van der Waals surface area (Å²) in [5, 5.41) is 3.53. The first kappa shape index (κ1) is 12.6. The highest BCUT2D eigenvalue weighted by Gasteiger charge is 2.56. The highest BCUT2D eigenvalue weighted by Crippen LogP contribution is 2.53. The van der Waals surface area contributed by atoms with E-state index in [9.17, 15) is 0 Å². The minimum atomic E-state index is 0.622. The summed E-state index contributed by atoms with van der Waals surface area (Å²) < 4.78 is 0. The largest absolute Gasteiger partial charge is 0.319 e. The first-order valence-electron chi connectivity index (χ1n) is 8.41. The fourth-order valence-electron chi connectivity index (χ4n) is 5.97. The summed E-state index contributed by atoms with van der Waals surface area (Å²) in [7, 11) is 2.15. The highest BCUT2D eigenvalue weighted by atomic mass is 15.3. The lowest BCUT2D eigenvalue weighted by atomic mass is 9.57. The molecule has 5 fully saturated rings. The molecule has 4 bridgehead atoms. The molecule has 0 radical (unpaired) electrons. The molecule has 4 heterocycles. The first-order valence-corrected chi connectivity index (χ1v) is 8.41. The van der Waals surface area contributed by atoms with Crippen molar-refractivity contribution >= 4 is 0 Å². The van der Waals surface area contributed by atoms with Gasteiger partial charge >= 0.3 is 0 Å². The van der Waals surface area contributed by atoms with Gasteiger partial charge in [-0.05, 0) is 44.2 Å². The van der Waals surface area contributed by atoms with Crippen LogP contribution < -0.4 is 5.32 Å². The molecule has 5 aliphatic rings. The summed E-state index contributed by atoms with van der Waals surface area (Å²) in [6.07, 6.45) is 6.00. The van der Waals surface area contributed by atoms with Crippen LogP contribution in [0.3, 0.4) is 0 Å². The Kier molecular flexibility index (Phi) is 3.13. The van der Waals surface area contributed by atoms with Crippen molar-refractivity contribution in [3.05, 3.63) is 0 Å². The van der Waals surface area contributed by atoms with Gasteiger partial charge in [0.2, 0.25) is 0 Å². The van der Waals surface area contributed by atoms with Crippen molar-refractivity contribution in [3.63, 3.8) is 0 Å². The maximum atomic E-state index is 3.53. The lowest BCUT2D eigenvalue weighted by molar-refractivity contribution is -0.0917. The number of nitrogens with zero attached hydrogens (tertiary/aromatic N) is 2. The van der Waals surface area contributed by atoms with E-state index in [0.29, 0.717) is 5.41 Å². The normalized spacial score (nSPS) is 49.7. The van der Waals surface area contributed by atoms with Crippen LogP contribution in [0.5, 0.6) is 0 Å². The third-order valence-corrected chi connectivity index (χ3v) is 6.65. The highest BCUT2D eigenvalue weighted by molar-refractivity contribution is 5.09. The third kappa shape index (κ3) is 1.89. The Morgan fingerprint density at radius 3 is 2.26 bits per heavy atom. The summed E-state index contributed by atoms with van der Waals surface area (Å²) in [5.41, 5.74) is 0.622. The van der Waals surface area contributed by atoms with E-state index in [2.05, 4.69) is 22.2 Å². The van der Waals surface area contributed by atoms with Crippen molar-refractivity contribution in [1.29, 1.82) is 0 Å². The van der Waals surface area contributed by atoms with Gasteiger partial charge < -0.3 is 15.1 Å². The van der Waals surface area contributed by atoms with E-state index < -0.39 is 0 Å². The van der Waals surface area contributed by atoms with Crippen LogP contribution in [-0.4, -0.2) is 62.7 Å². The van der Waals surface area contributed by atoms with Gasteiger partial charge in [-0.3, -0.25) is 0 Å². The van der Waals surface area contributed by atoms with Crippen molar-refractivity contribution in [3.8, 4) is 0 Å². The van der Waals surface area contributed by atoms with Gasteiger partial charge in [0.25, 0.3) is 0 Å². The number of nitrogens with one attached hydrogen (secondary N) is 1. The minimum Gasteiger partial charge on any atom is -0.319 e. The van der Waals surface area contributed by atoms with Crippen LogP contribution >= 0.6 is 0 Å². The van der Waals surface area contributed by atoms with E-state index in [-0.39, 0.29) is 0 Å². The summed E-state index contributed by atoms with van der Waals surface area (Å²) in [6, 6.07) is 0. The molecule has 0 amide bonds. The molecule has 3 heteroatoms. The predicted molar refractivity (Wildman–Crippen MR) is 78.2 cm³/mol. The number of hydrogen-bond acceptors (Lipinski definition) is 3. The zero-order valence-corrected chi connectivity index (χ0v) is 12.4. The second-order valence-corrected chi connectivity index (χ2v) is 7.61. The fraction of sp³-hybridized carbons (Fsp3) is 1.00. The molecular formula is C16H29N3. The second-order valence-electron chi connectivity index (χ2n) is 7.61. The van der Waals surface area contributed by atoms with Gasteiger partial charge in [0.1, 0.15) is 0 Å². The average molecular weight is 263 g/mol. The van der Waals surface area contributed by atoms with Gasteiger partial charge in [0, 0.05) is 44.7 Å². The molecule has 3 atom stereocenters. The molecule has 1 saturated carbocycles. The van der Waals surface area contributed by atoms with Crippen LogP contribution in [0, 0.1) is 23.2 Å². The van der Waals surface area contributed by atoms with Crippen molar-refractivity contribution in [2.24, 2.45) is 23.2 Å². The van der Waals surface area contributed by atoms with Gasteiger partial charge in [-0.15, -0.1) is 0 Å². The quantitative estimate of drug-likeness (QED) is 0.827. The molecule has 0 aromatic carbocycles. The van der Waals surface area contributed by atoms with E-state index in [1.54, 1.807) is 0 Å². The Morgan fingerprint density at radius 2 is 1.68 bits per heavy atom. The minimum absolute atomic E-state index is 0.622. The molecule has 19 heavy (non-hydrogen) atoms. The maximum absolute atomic E-state index is 3.53. The van der Waals surface area contributed by atoms with E-state index in [1.807, 2.05) is 0 Å². The van der Waals surface area contributed by atoms with E-state index in [1.165, 1.54) is 71.5 Å². The van der Waals surface area contributed by atoms with Gasteiger partial charge in [0.15, 0.2) is 0 Å². The van der Waals surface area contributed by atoms with E-state index >= 15 is 0 Å². The number of piperidine rings is 2. The summed E-state index contributed by atoms with van der Waals surface area (Å²) in [4.78, 5) is 5.62. The molecule has 108 valence electrons. The Balaban J connectivity index is 1.70. The topological polar surface area (TPSA) is 18.5 Å². The van der Waals surface area contributed by atoms with Crippen molar-refractivity contribution in [2.45, 2.75) is 25.7 Å². The van der Waals surface area contributed by atoms with Crippen LogP contribution in [0.15, 0.2) is 0 Å². The van der Waals surface area contributed by atoms with Gasteiger partial charge in [-0.1, -0.05) is 12.8 Å². The zero-order valence-electron chi connectivity index (χ0n) is 12.4. The summed E-state index contributed by atoms with van der Waals surface area (Å²) in [5.74, 6) is 2.88. The van der Waals surface area contributed by atoms with Gasteiger partial charge in [-0.25, -0.2) is 0 Å². The first-order chi connectivity index (χ1) is 9.32. The molecular weight excluding hydrogens is 234 g/mol. The Morgan fingerprint density at radius 1 is 1.05 bits per heavy atom. The fourth-order valence-corrected chi connectivity index (χ4v) is 5.97.